The molecule has 0 fully saturated rings. The zero-order valence-electron chi connectivity index (χ0n) is 9.85. The molecule has 1 atom stereocenters. The summed E-state index contributed by atoms with van der Waals surface area (Å²) in [4.78, 5) is 0. The van der Waals surface area contributed by atoms with Crippen molar-refractivity contribution in [1.29, 1.82) is 0 Å². The van der Waals surface area contributed by atoms with Gasteiger partial charge in [0.05, 0.1) is 9.85 Å². The highest BCUT2D eigenvalue weighted by molar-refractivity contribution is 9.10. The van der Waals surface area contributed by atoms with Crippen molar-refractivity contribution < 1.29 is 8.78 Å². The molecule has 0 nitrogen and oxygen atoms in total. The van der Waals surface area contributed by atoms with Gasteiger partial charge in [-0.3, -0.25) is 0 Å². The van der Waals surface area contributed by atoms with Crippen LogP contribution in [-0.2, 0) is 0 Å². The fraction of sp³-hybridized carbons (Fsp3) is 0.143. The molecule has 0 aliphatic heterocycles. The molecule has 0 N–H and O–H groups in total. The maximum Gasteiger partial charge on any atom is 0.137 e. The van der Waals surface area contributed by atoms with Crippen LogP contribution in [0.2, 0.25) is 5.02 Å². The van der Waals surface area contributed by atoms with E-state index in [1.807, 2.05) is 0 Å². The second-order valence-electron chi connectivity index (χ2n) is 4.16. The van der Waals surface area contributed by atoms with Gasteiger partial charge in [-0.15, -0.1) is 11.6 Å². The minimum atomic E-state index is -0.630. The topological polar surface area (TPSA) is 0 Å². The molecule has 2 rings (SSSR count). The van der Waals surface area contributed by atoms with Crippen LogP contribution in [0, 0.1) is 18.6 Å². The summed E-state index contributed by atoms with van der Waals surface area (Å²) in [5, 5.41) is -0.402. The average Bonchev–Trinajstić information content (AvgIpc) is 2.36. The van der Waals surface area contributed by atoms with Gasteiger partial charge in [0, 0.05) is 5.02 Å². The molecular weight excluding hydrogens is 357 g/mol. The zero-order valence-corrected chi connectivity index (χ0v) is 13.0. The number of alkyl halides is 1. The molecule has 2 aromatic rings. The Bertz CT molecular complexity index is 629. The van der Waals surface area contributed by atoms with E-state index in [0.717, 1.165) is 0 Å². The maximum atomic E-state index is 13.5. The SMILES string of the molecule is Cc1cc(C(Cl)c2ccc(Br)c(F)c2)c(Cl)cc1F. The summed E-state index contributed by atoms with van der Waals surface area (Å²) < 4.78 is 27.2. The molecule has 1 unspecified atom stereocenters. The van der Waals surface area contributed by atoms with E-state index in [1.54, 1.807) is 25.1 Å². The minimum Gasteiger partial charge on any atom is -0.207 e. The van der Waals surface area contributed by atoms with Crippen molar-refractivity contribution in [2.45, 2.75) is 12.3 Å². The monoisotopic (exact) mass is 364 g/mol. The smallest absolute Gasteiger partial charge is 0.137 e. The normalized spacial score (nSPS) is 12.5. The van der Waals surface area contributed by atoms with E-state index in [0.29, 0.717) is 21.2 Å². The summed E-state index contributed by atoms with van der Waals surface area (Å²) in [6.07, 6.45) is 0. The predicted molar refractivity (Wildman–Crippen MR) is 77.9 cm³/mol. The Balaban J connectivity index is 2.46. The number of hydrogen-bond acceptors (Lipinski definition) is 0. The molecule has 0 heterocycles. The molecule has 0 saturated heterocycles. The lowest BCUT2D eigenvalue weighted by Gasteiger charge is -2.14. The van der Waals surface area contributed by atoms with Gasteiger partial charge in [0.15, 0.2) is 0 Å². The third-order valence-corrected chi connectivity index (χ3v) is 4.24. The van der Waals surface area contributed by atoms with Crippen LogP contribution < -0.4 is 0 Å². The fourth-order valence-corrected chi connectivity index (χ4v) is 2.60. The van der Waals surface area contributed by atoms with Crippen LogP contribution >= 0.6 is 39.1 Å². The van der Waals surface area contributed by atoms with E-state index >= 15 is 0 Å². The van der Waals surface area contributed by atoms with E-state index in [1.165, 1.54) is 12.1 Å². The Morgan fingerprint density at radius 3 is 2.42 bits per heavy atom. The molecule has 0 aliphatic rings. The van der Waals surface area contributed by atoms with Gasteiger partial charge in [0.25, 0.3) is 0 Å². The Hall–Kier alpha value is -0.640. The summed E-state index contributed by atoms with van der Waals surface area (Å²) in [7, 11) is 0. The second-order valence-corrected chi connectivity index (χ2v) is 5.86. The number of halogens is 5. The van der Waals surface area contributed by atoms with Gasteiger partial charge in [0.2, 0.25) is 0 Å². The molecule has 5 heteroatoms. The van der Waals surface area contributed by atoms with E-state index in [2.05, 4.69) is 15.9 Å². The standard InChI is InChI=1S/C14H9BrCl2F2/c1-7-4-9(11(16)6-12(7)18)14(17)8-2-3-10(15)13(19)5-8/h2-6,14H,1H3. The summed E-state index contributed by atoms with van der Waals surface area (Å²) in [5.41, 5.74) is 1.57. The van der Waals surface area contributed by atoms with Gasteiger partial charge in [-0.1, -0.05) is 17.7 Å². The van der Waals surface area contributed by atoms with E-state index in [-0.39, 0.29) is 10.8 Å². The van der Waals surface area contributed by atoms with Crippen molar-refractivity contribution in [2.75, 3.05) is 0 Å². The van der Waals surface area contributed by atoms with Gasteiger partial charge >= 0.3 is 0 Å². The van der Waals surface area contributed by atoms with Crippen molar-refractivity contribution in [3.8, 4) is 0 Å². The number of hydrogen-bond donors (Lipinski definition) is 0. The molecule has 0 aromatic heterocycles. The van der Waals surface area contributed by atoms with E-state index < -0.39 is 11.2 Å². The molecular formula is C14H9BrCl2F2. The first-order chi connectivity index (χ1) is 8.90. The van der Waals surface area contributed by atoms with Crippen molar-refractivity contribution in [3.05, 3.63) is 68.2 Å². The fourth-order valence-electron chi connectivity index (χ4n) is 1.72. The maximum absolute atomic E-state index is 13.5. The first-order valence-corrected chi connectivity index (χ1v) is 7.05. The Kier molecular flexibility index (Phi) is 4.49. The van der Waals surface area contributed by atoms with Crippen LogP contribution in [0.5, 0.6) is 0 Å². The van der Waals surface area contributed by atoms with Crippen molar-refractivity contribution in [3.63, 3.8) is 0 Å². The average molecular weight is 366 g/mol. The summed E-state index contributed by atoms with van der Waals surface area (Å²) >= 11 is 15.4. The van der Waals surface area contributed by atoms with Gasteiger partial charge in [-0.2, -0.15) is 0 Å². The van der Waals surface area contributed by atoms with Crippen LogP contribution in [0.3, 0.4) is 0 Å². The van der Waals surface area contributed by atoms with Crippen molar-refractivity contribution in [2.24, 2.45) is 0 Å². The number of aryl methyl sites for hydroxylation is 1. The third kappa shape index (κ3) is 3.10. The van der Waals surface area contributed by atoms with E-state index in [4.69, 9.17) is 23.2 Å². The third-order valence-electron chi connectivity index (χ3n) is 2.79. The quantitative estimate of drug-likeness (QED) is 0.571. The molecule has 0 aliphatic carbocycles. The van der Waals surface area contributed by atoms with Gasteiger partial charge in [-0.25, -0.2) is 8.78 Å². The second kappa shape index (κ2) is 5.78. The molecule has 0 saturated carbocycles. The summed E-state index contributed by atoms with van der Waals surface area (Å²) in [6.45, 7) is 1.63. The van der Waals surface area contributed by atoms with Crippen molar-refractivity contribution >= 4 is 39.1 Å². The van der Waals surface area contributed by atoms with Crippen LogP contribution in [0.1, 0.15) is 22.1 Å². The first kappa shape index (κ1) is 14.8. The highest BCUT2D eigenvalue weighted by Crippen LogP contribution is 2.36. The molecule has 0 spiro atoms. The molecule has 0 amide bonds. The summed E-state index contributed by atoms with van der Waals surface area (Å²) in [6, 6.07) is 7.40. The largest absolute Gasteiger partial charge is 0.207 e. The molecule has 0 bridgehead atoms. The Morgan fingerprint density at radius 2 is 1.79 bits per heavy atom. The highest BCUT2D eigenvalue weighted by Gasteiger charge is 2.17. The van der Waals surface area contributed by atoms with E-state index in [9.17, 15) is 8.78 Å². The zero-order chi connectivity index (χ0) is 14.2. The van der Waals surface area contributed by atoms with Crippen LogP contribution in [0.15, 0.2) is 34.8 Å². The Morgan fingerprint density at radius 1 is 1.11 bits per heavy atom. The number of benzene rings is 2. The first-order valence-electron chi connectivity index (χ1n) is 5.44. The lowest BCUT2D eigenvalue weighted by molar-refractivity contribution is 0.616. The Labute approximate surface area is 128 Å². The molecule has 2 aromatic carbocycles. The number of rotatable bonds is 2. The minimum absolute atomic E-state index is 0.228. The van der Waals surface area contributed by atoms with Crippen LogP contribution in [-0.4, -0.2) is 0 Å². The molecule has 0 radical (unpaired) electrons. The molecule has 19 heavy (non-hydrogen) atoms. The summed E-state index contributed by atoms with van der Waals surface area (Å²) in [5.74, 6) is -0.794. The van der Waals surface area contributed by atoms with Gasteiger partial charge in [0.1, 0.15) is 11.6 Å². The van der Waals surface area contributed by atoms with Crippen molar-refractivity contribution in [1.82, 2.24) is 0 Å². The predicted octanol–water partition coefficient (Wildman–Crippen LogP) is 6.02. The lowest BCUT2D eigenvalue weighted by atomic mass is 10.0. The van der Waals surface area contributed by atoms with Crippen LogP contribution in [0.4, 0.5) is 8.78 Å². The van der Waals surface area contributed by atoms with Gasteiger partial charge in [-0.05, 0) is 63.8 Å². The molecule has 100 valence electrons. The van der Waals surface area contributed by atoms with Gasteiger partial charge < -0.3 is 0 Å². The lowest BCUT2D eigenvalue weighted by Crippen LogP contribution is -1.98. The highest BCUT2D eigenvalue weighted by atomic mass is 79.9. The van der Waals surface area contributed by atoms with Crippen LogP contribution in [0.25, 0.3) is 0 Å².